The molecule has 0 aliphatic carbocycles. The maximum atomic E-state index is 12.8. The zero-order valence-corrected chi connectivity index (χ0v) is 13.2. The Kier molecular flexibility index (Phi) is 3.42. The first-order chi connectivity index (χ1) is 10.4. The average molecular weight is 315 g/mol. The molecule has 3 atom stereocenters. The molecule has 0 N–H and O–H groups in total. The number of benzene rings is 2. The average Bonchev–Trinajstić information content (AvgIpc) is 3.16. The maximum absolute atomic E-state index is 12.8. The van der Waals surface area contributed by atoms with Crippen LogP contribution in [0.25, 0.3) is 0 Å². The van der Waals surface area contributed by atoms with Crippen LogP contribution in [-0.2, 0) is 14.8 Å². The third kappa shape index (κ3) is 2.17. The van der Waals surface area contributed by atoms with Gasteiger partial charge in [-0.05, 0) is 31.5 Å². The van der Waals surface area contributed by atoms with Gasteiger partial charge >= 0.3 is 0 Å². The first-order valence-corrected chi connectivity index (χ1v) is 8.48. The van der Waals surface area contributed by atoms with E-state index < -0.39 is 21.6 Å². The second-order valence-corrected chi connectivity index (χ2v) is 7.59. The molecule has 4 nitrogen and oxygen atoms in total. The highest BCUT2D eigenvalue weighted by Gasteiger charge is 2.66. The summed E-state index contributed by atoms with van der Waals surface area (Å²) < 4.78 is 26.9. The van der Waals surface area contributed by atoms with Crippen molar-refractivity contribution in [3.8, 4) is 0 Å². The van der Waals surface area contributed by atoms with E-state index in [4.69, 9.17) is 0 Å². The summed E-state index contributed by atoms with van der Waals surface area (Å²) in [5, 5.41) is 0. The lowest BCUT2D eigenvalue weighted by Gasteiger charge is -2.08. The van der Waals surface area contributed by atoms with Crippen molar-refractivity contribution in [3.05, 3.63) is 65.7 Å². The van der Waals surface area contributed by atoms with E-state index in [1.807, 2.05) is 37.3 Å². The predicted molar refractivity (Wildman–Crippen MR) is 83.9 cm³/mol. The number of hydrogen-bond acceptors (Lipinski definition) is 3. The van der Waals surface area contributed by atoms with Crippen molar-refractivity contribution in [2.45, 2.75) is 30.3 Å². The molecule has 2 aromatic rings. The quantitative estimate of drug-likeness (QED) is 0.644. The number of hydrogen-bond donors (Lipinski definition) is 0. The van der Waals surface area contributed by atoms with Crippen LogP contribution in [0.4, 0.5) is 0 Å². The minimum absolute atomic E-state index is 0.213. The number of sulfonamides is 1. The topological polar surface area (TPSA) is 54.2 Å². The van der Waals surface area contributed by atoms with E-state index in [2.05, 4.69) is 0 Å². The first-order valence-electron chi connectivity index (χ1n) is 7.04. The Balaban J connectivity index is 2.03. The monoisotopic (exact) mass is 315 g/mol. The van der Waals surface area contributed by atoms with E-state index in [1.54, 1.807) is 31.2 Å². The van der Waals surface area contributed by atoms with Gasteiger partial charge in [-0.3, -0.25) is 0 Å². The lowest BCUT2D eigenvalue weighted by Crippen LogP contribution is -2.22. The first kappa shape index (κ1) is 14.9. The number of carbonyl (C=O) groups excluding carboxylic acids is 1. The Labute approximate surface area is 130 Å². The van der Waals surface area contributed by atoms with E-state index in [0.717, 1.165) is 17.4 Å². The fourth-order valence-electron chi connectivity index (χ4n) is 2.82. The van der Waals surface area contributed by atoms with Crippen molar-refractivity contribution >= 4 is 16.3 Å². The molecule has 1 unspecified atom stereocenters. The van der Waals surface area contributed by atoms with Gasteiger partial charge in [0.25, 0.3) is 0 Å². The van der Waals surface area contributed by atoms with Crippen LogP contribution >= 0.6 is 0 Å². The third-order valence-electron chi connectivity index (χ3n) is 4.13. The molecule has 3 rings (SSSR count). The summed E-state index contributed by atoms with van der Waals surface area (Å²) in [5.74, 6) is 0. The van der Waals surface area contributed by atoms with Gasteiger partial charge in [-0.25, -0.2) is 8.42 Å². The van der Waals surface area contributed by atoms with Crippen molar-refractivity contribution in [3.63, 3.8) is 0 Å². The molecule has 0 radical (unpaired) electrons. The van der Waals surface area contributed by atoms with Gasteiger partial charge in [0, 0.05) is 0 Å². The number of aldehydes is 1. The van der Waals surface area contributed by atoms with Gasteiger partial charge in [0.05, 0.1) is 10.9 Å². The van der Waals surface area contributed by atoms with E-state index in [1.165, 1.54) is 4.31 Å². The van der Waals surface area contributed by atoms with Crippen LogP contribution in [0.3, 0.4) is 0 Å². The summed E-state index contributed by atoms with van der Waals surface area (Å²) >= 11 is 0. The van der Waals surface area contributed by atoms with Crippen molar-refractivity contribution < 1.29 is 13.2 Å². The normalized spacial score (nSPS) is 27.4. The van der Waals surface area contributed by atoms with Gasteiger partial charge in [-0.15, -0.1) is 0 Å². The van der Waals surface area contributed by atoms with Gasteiger partial charge < -0.3 is 4.79 Å². The summed E-state index contributed by atoms with van der Waals surface area (Å²) in [5.41, 5.74) is 0.792. The molecule has 0 bridgehead atoms. The molecule has 0 spiro atoms. The van der Waals surface area contributed by atoms with E-state index in [0.29, 0.717) is 0 Å². The Morgan fingerprint density at radius 2 is 1.64 bits per heavy atom. The number of aryl methyl sites for hydroxylation is 1. The molecule has 1 fully saturated rings. The molecule has 1 heterocycles. The summed E-state index contributed by atoms with van der Waals surface area (Å²) in [4.78, 5) is 11.7. The Morgan fingerprint density at radius 3 is 2.18 bits per heavy atom. The minimum Gasteiger partial charge on any atom is -0.301 e. The van der Waals surface area contributed by atoms with Crippen LogP contribution in [0.1, 0.15) is 24.1 Å². The molecule has 5 heteroatoms. The van der Waals surface area contributed by atoms with Crippen LogP contribution in [0.5, 0.6) is 0 Å². The summed E-state index contributed by atoms with van der Waals surface area (Å²) in [6.07, 6.45) is 0.719. The van der Waals surface area contributed by atoms with Crippen molar-refractivity contribution in [1.82, 2.24) is 4.31 Å². The van der Waals surface area contributed by atoms with Gasteiger partial charge in [-0.2, -0.15) is 4.31 Å². The van der Waals surface area contributed by atoms with Gasteiger partial charge in [0.2, 0.25) is 10.0 Å². The van der Waals surface area contributed by atoms with Gasteiger partial charge in [0.15, 0.2) is 0 Å². The largest absolute Gasteiger partial charge is 0.301 e. The summed E-state index contributed by atoms with van der Waals surface area (Å²) in [6.45, 7) is 3.56. The standard InChI is InChI=1S/C17H17NO3S/c1-13-8-10-15(11-9-13)22(20,21)18-16(17(18,2)12-19)14-6-4-3-5-7-14/h3-12,16H,1-2H3/t16-,17?,18-/m1/s1. The molecule has 0 saturated carbocycles. The third-order valence-corrected chi connectivity index (χ3v) is 6.12. The molecule has 114 valence electrons. The number of nitrogens with zero attached hydrogens (tertiary/aromatic N) is 1. The Morgan fingerprint density at radius 1 is 1.05 bits per heavy atom. The Bertz CT molecular complexity index is 800. The Hall–Kier alpha value is -1.98. The van der Waals surface area contributed by atoms with Crippen molar-refractivity contribution in [2.75, 3.05) is 0 Å². The zero-order chi connectivity index (χ0) is 16.0. The predicted octanol–water partition coefficient (Wildman–Crippen LogP) is 2.70. The summed E-state index contributed by atoms with van der Waals surface area (Å²) in [6, 6.07) is 15.5. The molecule has 0 aromatic heterocycles. The minimum atomic E-state index is -3.70. The van der Waals surface area contributed by atoms with Gasteiger partial charge in [0.1, 0.15) is 11.8 Å². The summed E-state index contributed by atoms with van der Waals surface area (Å²) in [7, 11) is -3.70. The second-order valence-electron chi connectivity index (χ2n) is 5.77. The van der Waals surface area contributed by atoms with E-state index in [9.17, 15) is 13.2 Å². The number of carbonyl (C=O) groups is 1. The molecule has 0 amide bonds. The van der Waals surface area contributed by atoms with Crippen molar-refractivity contribution in [1.29, 1.82) is 0 Å². The highest BCUT2D eigenvalue weighted by Crippen LogP contribution is 2.55. The molecular weight excluding hydrogens is 298 g/mol. The van der Waals surface area contributed by atoms with Crippen LogP contribution < -0.4 is 0 Å². The molecule has 1 saturated heterocycles. The zero-order valence-electron chi connectivity index (χ0n) is 12.4. The molecule has 1 aliphatic rings. The van der Waals surface area contributed by atoms with Crippen LogP contribution in [0, 0.1) is 6.92 Å². The fourth-order valence-corrected chi connectivity index (χ4v) is 4.75. The second kappa shape index (κ2) is 5.04. The molecular formula is C17H17NO3S. The van der Waals surface area contributed by atoms with Crippen molar-refractivity contribution in [2.24, 2.45) is 0 Å². The lowest BCUT2D eigenvalue weighted by molar-refractivity contribution is -0.110. The highest BCUT2D eigenvalue weighted by molar-refractivity contribution is 7.89. The van der Waals surface area contributed by atoms with Crippen LogP contribution in [0.15, 0.2) is 59.5 Å². The highest BCUT2D eigenvalue weighted by atomic mass is 32.2. The SMILES string of the molecule is Cc1ccc(S(=O)(=O)[N@]2[C@H](c3ccccc3)C2(C)C=O)cc1. The maximum Gasteiger partial charge on any atom is 0.244 e. The number of rotatable bonds is 4. The smallest absolute Gasteiger partial charge is 0.244 e. The van der Waals surface area contributed by atoms with E-state index in [-0.39, 0.29) is 4.90 Å². The van der Waals surface area contributed by atoms with Crippen LogP contribution in [-0.4, -0.2) is 24.5 Å². The molecule has 22 heavy (non-hydrogen) atoms. The van der Waals surface area contributed by atoms with E-state index >= 15 is 0 Å². The van der Waals surface area contributed by atoms with Gasteiger partial charge in [-0.1, -0.05) is 48.0 Å². The molecule has 1 aliphatic heterocycles. The lowest BCUT2D eigenvalue weighted by atomic mass is 10.0. The fraction of sp³-hybridized carbons (Fsp3) is 0.235. The molecule has 2 aromatic carbocycles. The van der Waals surface area contributed by atoms with Crippen LogP contribution in [0.2, 0.25) is 0 Å².